The summed E-state index contributed by atoms with van der Waals surface area (Å²) in [6, 6.07) is 4.07. The average molecular weight is 264 g/mol. The van der Waals surface area contributed by atoms with Crippen LogP contribution in [0.3, 0.4) is 0 Å². The van der Waals surface area contributed by atoms with Crippen LogP contribution in [0.5, 0.6) is 0 Å². The number of rotatable bonds is 6. The second-order valence-electron chi connectivity index (χ2n) is 3.94. The Labute approximate surface area is 110 Å². The lowest BCUT2D eigenvalue weighted by molar-refractivity contribution is 0.0944. The molecular formula is C12H16N4OS. The first-order chi connectivity index (χ1) is 8.79. The van der Waals surface area contributed by atoms with Gasteiger partial charge in [-0.05, 0) is 24.3 Å². The third kappa shape index (κ3) is 3.40. The van der Waals surface area contributed by atoms with Crippen molar-refractivity contribution in [2.24, 2.45) is 0 Å². The molecule has 18 heavy (non-hydrogen) atoms. The van der Waals surface area contributed by atoms with Gasteiger partial charge in [-0.15, -0.1) is 16.4 Å². The molecule has 2 rings (SSSR count). The summed E-state index contributed by atoms with van der Waals surface area (Å²) in [5.74, 6) is 0.774. The molecule has 0 aliphatic rings. The molecule has 2 aromatic heterocycles. The van der Waals surface area contributed by atoms with E-state index < -0.39 is 0 Å². The van der Waals surface area contributed by atoms with Gasteiger partial charge in [-0.1, -0.05) is 13.0 Å². The van der Waals surface area contributed by atoms with Gasteiger partial charge in [0, 0.05) is 17.8 Å². The Morgan fingerprint density at radius 2 is 2.39 bits per heavy atom. The van der Waals surface area contributed by atoms with Gasteiger partial charge in [-0.2, -0.15) is 0 Å². The zero-order valence-electron chi connectivity index (χ0n) is 10.3. The van der Waals surface area contributed by atoms with E-state index in [-0.39, 0.29) is 11.7 Å². The Bertz CT molecular complexity index is 492. The molecule has 5 nitrogen and oxygen atoms in total. The van der Waals surface area contributed by atoms with Gasteiger partial charge < -0.3 is 5.32 Å². The maximum atomic E-state index is 11.7. The van der Waals surface area contributed by atoms with Crippen LogP contribution in [0, 0.1) is 0 Å². The first-order valence-electron chi connectivity index (χ1n) is 6.01. The van der Waals surface area contributed by atoms with Crippen molar-refractivity contribution in [3.8, 4) is 0 Å². The van der Waals surface area contributed by atoms with Gasteiger partial charge in [0.15, 0.2) is 0 Å². The summed E-state index contributed by atoms with van der Waals surface area (Å²) < 4.78 is 0. The van der Waals surface area contributed by atoms with Gasteiger partial charge in [0.25, 0.3) is 5.91 Å². The quantitative estimate of drug-likeness (QED) is 0.835. The van der Waals surface area contributed by atoms with E-state index >= 15 is 0 Å². The largest absolute Gasteiger partial charge is 0.349 e. The highest BCUT2D eigenvalue weighted by Crippen LogP contribution is 2.08. The number of nitrogens with one attached hydrogen (secondary N) is 2. The predicted molar refractivity (Wildman–Crippen MR) is 70.7 cm³/mol. The fraction of sp³-hybridized carbons (Fsp3) is 0.417. The van der Waals surface area contributed by atoms with Gasteiger partial charge in [0.2, 0.25) is 5.82 Å². The van der Waals surface area contributed by atoms with Crippen LogP contribution >= 0.6 is 11.3 Å². The summed E-state index contributed by atoms with van der Waals surface area (Å²) in [6.45, 7) is 2.67. The fourth-order valence-corrected chi connectivity index (χ4v) is 2.29. The topological polar surface area (TPSA) is 70.7 Å². The van der Waals surface area contributed by atoms with Crippen LogP contribution < -0.4 is 5.32 Å². The van der Waals surface area contributed by atoms with Crippen molar-refractivity contribution in [3.63, 3.8) is 0 Å². The van der Waals surface area contributed by atoms with E-state index in [1.54, 1.807) is 11.3 Å². The Morgan fingerprint density at radius 3 is 3.11 bits per heavy atom. The molecule has 0 bridgehead atoms. The highest BCUT2D eigenvalue weighted by molar-refractivity contribution is 7.09. The molecule has 0 unspecified atom stereocenters. The van der Waals surface area contributed by atoms with Crippen LogP contribution in [0.1, 0.15) is 34.7 Å². The molecule has 2 heterocycles. The number of carbonyl (C=O) groups excluding carboxylic acids is 1. The molecule has 2 aromatic rings. The predicted octanol–water partition coefficient (Wildman–Crippen LogP) is 1.79. The van der Waals surface area contributed by atoms with E-state index in [0.717, 1.165) is 25.1 Å². The maximum absolute atomic E-state index is 11.7. The van der Waals surface area contributed by atoms with Crippen LogP contribution in [0.2, 0.25) is 0 Å². The van der Waals surface area contributed by atoms with Crippen molar-refractivity contribution < 1.29 is 4.79 Å². The molecule has 1 amide bonds. The molecule has 0 atom stereocenters. The van der Waals surface area contributed by atoms with Crippen molar-refractivity contribution in [3.05, 3.63) is 34.0 Å². The minimum absolute atomic E-state index is 0.217. The minimum Gasteiger partial charge on any atom is -0.349 e. The molecule has 0 saturated heterocycles. The Hall–Kier alpha value is -1.69. The standard InChI is InChI=1S/C12H16N4OS/c1-2-4-10-14-11(16-15-10)12(17)13-7-6-9-5-3-8-18-9/h3,5,8H,2,4,6-7H2,1H3,(H,13,17)(H,14,15,16). The van der Waals surface area contributed by atoms with Gasteiger partial charge >= 0.3 is 0 Å². The first kappa shape index (κ1) is 12.8. The third-order valence-corrected chi connectivity index (χ3v) is 3.39. The van der Waals surface area contributed by atoms with Crippen molar-refractivity contribution in [2.75, 3.05) is 6.54 Å². The molecule has 0 saturated carbocycles. The van der Waals surface area contributed by atoms with Gasteiger partial charge in [-0.3, -0.25) is 9.89 Å². The molecule has 0 aliphatic carbocycles. The van der Waals surface area contributed by atoms with Crippen molar-refractivity contribution in [1.29, 1.82) is 0 Å². The van der Waals surface area contributed by atoms with Gasteiger partial charge in [0.1, 0.15) is 5.82 Å². The molecule has 0 aromatic carbocycles. The highest BCUT2D eigenvalue weighted by atomic mass is 32.1. The maximum Gasteiger partial charge on any atom is 0.290 e. The van der Waals surface area contributed by atoms with Crippen LogP contribution in [-0.4, -0.2) is 27.6 Å². The summed E-state index contributed by atoms with van der Waals surface area (Å²) in [7, 11) is 0. The normalized spacial score (nSPS) is 10.5. The highest BCUT2D eigenvalue weighted by Gasteiger charge is 2.11. The third-order valence-electron chi connectivity index (χ3n) is 2.46. The van der Waals surface area contributed by atoms with E-state index in [2.05, 4.69) is 33.5 Å². The molecule has 2 N–H and O–H groups in total. The number of hydrogen-bond acceptors (Lipinski definition) is 4. The molecular weight excluding hydrogens is 248 g/mol. The molecule has 0 aliphatic heterocycles. The lowest BCUT2D eigenvalue weighted by Gasteiger charge is -2.00. The Morgan fingerprint density at radius 1 is 1.50 bits per heavy atom. The van der Waals surface area contributed by atoms with E-state index in [4.69, 9.17) is 0 Å². The summed E-state index contributed by atoms with van der Waals surface area (Å²) in [6.07, 6.45) is 2.64. The van der Waals surface area contributed by atoms with E-state index in [1.807, 2.05) is 11.4 Å². The summed E-state index contributed by atoms with van der Waals surface area (Å²) in [4.78, 5) is 17.1. The second-order valence-corrected chi connectivity index (χ2v) is 4.97. The number of H-pyrrole nitrogens is 1. The monoisotopic (exact) mass is 264 g/mol. The average Bonchev–Trinajstić information content (AvgIpc) is 3.00. The molecule has 0 spiro atoms. The molecule has 6 heteroatoms. The molecule has 0 radical (unpaired) electrons. The van der Waals surface area contributed by atoms with Crippen LogP contribution in [0.25, 0.3) is 0 Å². The van der Waals surface area contributed by atoms with E-state index in [9.17, 15) is 4.79 Å². The summed E-state index contributed by atoms with van der Waals surface area (Å²) in [5.41, 5.74) is 0. The van der Waals surface area contributed by atoms with Crippen LogP contribution in [-0.2, 0) is 12.8 Å². The summed E-state index contributed by atoms with van der Waals surface area (Å²) >= 11 is 1.69. The zero-order valence-corrected chi connectivity index (χ0v) is 11.1. The fourth-order valence-electron chi connectivity index (χ4n) is 1.58. The van der Waals surface area contributed by atoms with E-state index in [0.29, 0.717) is 6.54 Å². The number of nitrogens with zero attached hydrogens (tertiary/aromatic N) is 2. The van der Waals surface area contributed by atoms with Gasteiger partial charge in [-0.25, -0.2) is 4.98 Å². The number of hydrogen-bond donors (Lipinski definition) is 2. The number of aromatic amines is 1. The summed E-state index contributed by atoms with van der Waals surface area (Å²) in [5, 5.41) is 11.5. The van der Waals surface area contributed by atoms with Crippen LogP contribution in [0.15, 0.2) is 17.5 Å². The number of aromatic nitrogens is 3. The molecule has 96 valence electrons. The van der Waals surface area contributed by atoms with Crippen LogP contribution in [0.4, 0.5) is 0 Å². The smallest absolute Gasteiger partial charge is 0.290 e. The lowest BCUT2D eigenvalue weighted by atomic mass is 10.3. The lowest BCUT2D eigenvalue weighted by Crippen LogP contribution is -2.26. The first-order valence-corrected chi connectivity index (χ1v) is 6.89. The zero-order chi connectivity index (χ0) is 12.8. The number of carbonyl (C=O) groups is 1. The minimum atomic E-state index is -0.217. The van der Waals surface area contributed by atoms with Crippen molar-refractivity contribution in [1.82, 2.24) is 20.5 Å². The Balaban J connectivity index is 1.80. The number of aryl methyl sites for hydroxylation is 1. The van der Waals surface area contributed by atoms with Crippen molar-refractivity contribution >= 4 is 17.2 Å². The SMILES string of the molecule is CCCc1nc(C(=O)NCCc2cccs2)n[nH]1. The Kier molecular flexibility index (Phi) is 4.46. The second kappa shape index (κ2) is 6.30. The number of thiophene rings is 1. The number of amides is 1. The van der Waals surface area contributed by atoms with E-state index in [1.165, 1.54) is 4.88 Å². The molecule has 0 fully saturated rings. The van der Waals surface area contributed by atoms with Gasteiger partial charge in [0.05, 0.1) is 0 Å². The van der Waals surface area contributed by atoms with Crippen molar-refractivity contribution in [2.45, 2.75) is 26.2 Å².